The van der Waals surface area contributed by atoms with Crippen molar-refractivity contribution in [1.29, 1.82) is 0 Å². The molecule has 1 atom stereocenters. The number of para-hydroxylation sites is 1. The Morgan fingerprint density at radius 2 is 2.04 bits per heavy atom. The first-order valence-electron chi connectivity index (χ1n) is 9.03. The van der Waals surface area contributed by atoms with Crippen LogP contribution in [0.5, 0.6) is 5.75 Å². The number of morpholine rings is 1. The van der Waals surface area contributed by atoms with E-state index in [1.54, 1.807) is 13.2 Å². The molecular formula is C20H23ClFN3O2S. The van der Waals surface area contributed by atoms with Crippen LogP contribution in [0.2, 0.25) is 5.02 Å². The number of nitrogens with zero attached hydrogens (tertiary/aromatic N) is 1. The Bertz CT molecular complexity index is 818. The molecule has 2 N–H and O–H groups in total. The summed E-state index contributed by atoms with van der Waals surface area (Å²) in [5.41, 5.74) is 1.72. The summed E-state index contributed by atoms with van der Waals surface area (Å²) in [5.74, 6) is 0.375. The monoisotopic (exact) mass is 423 g/mol. The number of halogens is 2. The van der Waals surface area contributed by atoms with E-state index in [0.717, 1.165) is 24.4 Å². The molecule has 1 unspecified atom stereocenters. The third kappa shape index (κ3) is 5.32. The van der Waals surface area contributed by atoms with Crippen molar-refractivity contribution in [2.75, 3.05) is 45.3 Å². The fraction of sp³-hybridized carbons (Fsp3) is 0.350. The average Bonchev–Trinajstić information content (AvgIpc) is 2.72. The summed E-state index contributed by atoms with van der Waals surface area (Å²) >= 11 is 11.2. The second-order valence-electron chi connectivity index (χ2n) is 6.37. The summed E-state index contributed by atoms with van der Waals surface area (Å²) in [6, 6.07) is 12.4. The van der Waals surface area contributed by atoms with Gasteiger partial charge in [0.25, 0.3) is 0 Å². The fourth-order valence-corrected chi connectivity index (χ4v) is 3.59. The van der Waals surface area contributed by atoms with Crippen molar-refractivity contribution in [2.24, 2.45) is 0 Å². The van der Waals surface area contributed by atoms with Crippen molar-refractivity contribution in [3.8, 4) is 5.75 Å². The Morgan fingerprint density at radius 3 is 2.75 bits per heavy atom. The molecule has 1 saturated heterocycles. The minimum Gasteiger partial charge on any atom is -0.496 e. The van der Waals surface area contributed by atoms with E-state index < -0.39 is 5.82 Å². The van der Waals surface area contributed by atoms with E-state index in [2.05, 4.69) is 21.6 Å². The highest BCUT2D eigenvalue weighted by molar-refractivity contribution is 7.80. The van der Waals surface area contributed by atoms with Crippen LogP contribution in [0.25, 0.3) is 0 Å². The predicted molar refractivity (Wildman–Crippen MR) is 114 cm³/mol. The molecule has 3 rings (SSSR count). The zero-order chi connectivity index (χ0) is 19.9. The molecule has 8 heteroatoms. The molecule has 1 heterocycles. The third-order valence-electron chi connectivity index (χ3n) is 4.62. The van der Waals surface area contributed by atoms with E-state index in [4.69, 9.17) is 33.3 Å². The number of nitrogens with one attached hydrogen (secondary N) is 2. The van der Waals surface area contributed by atoms with Crippen LogP contribution in [0.4, 0.5) is 10.1 Å². The van der Waals surface area contributed by atoms with Gasteiger partial charge in [0.15, 0.2) is 5.11 Å². The maximum atomic E-state index is 13.3. The Labute approximate surface area is 174 Å². The summed E-state index contributed by atoms with van der Waals surface area (Å²) in [5, 5.41) is 6.79. The Balaban J connectivity index is 1.70. The molecule has 2 aromatic carbocycles. The molecule has 0 aromatic heterocycles. The van der Waals surface area contributed by atoms with Crippen molar-refractivity contribution in [3.63, 3.8) is 0 Å². The van der Waals surface area contributed by atoms with E-state index in [-0.39, 0.29) is 11.1 Å². The Kier molecular flexibility index (Phi) is 7.44. The van der Waals surface area contributed by atoms with Crippen molar-refractivity contribution < 1.29 is 13.9 Å². The van der Waals surface area contributed by atoms with Gasteiger partial charge in [-0.15, -0.1) is 0 Å². The standard InChI is InChI=1S/C20H23ClFN3O2S/c1-26-19-5-3-2-4-15(19)18(25-8-10-27-11-9-25)13-23-20(28)24-14-6-7-17(22)16(21)12-14/h2-7,12,18H,8-11,13H2,1H3,(H2,23,24,28). The van der Waals surface area contributed by atoms with Crippen LogP contribution in [0.1, 0.15) is 11.6 Å². The van der Waals surface area contributed by atoms with Gasteiger partial charge in [-0.3, -0.25) is 4.90 Å². The minimum absolute atomic E-state index is 0.0491. The summed E-state index contributed by atoms with van der Waals surface area (Å²) < 4.78 is 24.4. The molecule has 1 aliphatic rings. The molecular weight excluding hydrogens is 401 g/mol. The van der Waals surface area contributed by atoms with Gasteiger partial charge in [-0.25, -0.2) is 4.39 Å². The van der Waals surface area contributed by atoms with Gasteiger partial charge in [0.1, 0.15) is 11.6 Å². The first kappa shape index (κ1) is 20.8. The second-order valence-corrected chi connectivity index (χ2v) is 7.19. The Morgan fingerprint density at radius 1 is 1.29 bits per heavy atom. The molecule has 0 saturated carbocycles. The molecule has 0 radical (unpaired) electrons. The van der Waals surface area contributed by atoms with E-state index in [0.29, 0.717) is 30.6 Å². The molecule has 1 aliphatic heterocycles. The first-order chi connectivity index (χ1) is 13.6. The number of hydrogen-bond acceptors (Lipinski definition) is 4. The quantitative estimate of drug-likeness (QED) is 0.688. The van der Waals surface area contributed by atoms with Gasteiger partial charge < -0.3 is 20.1 Å². The van der Waals surface area contributed by atoms with Gasteiger partial charge in [-0.05, 0) is 36.5 Å². The maximum Gasteiger partial charge on any atom is 0.170 e. The molecule has 0 amide bonds. The number of rotatable bonds is 6. The van der Waals surface area contributed by atoms with Crippen LogP contribution in [-0.4, -0.2) is 50.0 Å². The zero-order valence-electron chi connectivity index (χ0n) is 15.6. The van der Waals surface area contributed by atoms with E-state index in [9.17, 15) is 4.39 Å². The smallest absolute Gasteiger partial charge is 0.170 e. The molecule has 1 fully saturated rings. The largest absolute Gasteiger partial charge is 0.496 e. The van der Waals surface area contributed by atoms with Gasteiger partial charge in [0, 0.05) is 30.9 Å². The highest BCUT2D eigenvalue weighted by atomic mass is 35.5. The highest BCUT2D eigenvalue weighted by Gasteiger charge is 2.25. The number of benzene rings is 2. The lowest BCUT2D eigenvalue weighted by atomic mass is 10.0. The summed E-state index contributed by atoms with van der Waals surface area (Å²) in [6.45, 7) is 3.64. The molecule has 0 aliphatic carbocycles. The minimum atomic E-state index is -0.463. The van der Waals surface area contributed by atoms with Crippen LogP contribution in [0, 0.1) is 5.82 Å². The van der Waals surface area contributed by atoms with Gasteiger partial charge >= 0.3 is 0 Å². The van der Waals surface area contributed by atoms with Crippen LogP contribution < -0.4 is 15.4 Å². The second kappa shape index (κ2) is 10.0. The van der Waals surface area contributed by atoms with E-state index in [1.165, 1.54) is 12.1 Å². The van der Waals surface area contributed by atoms with Crippen LogP contribution in [0.3, 0.4) is 0 Å². The number of hydrogen-bond donors (Lipinski definition) is 2. The fourth-order valence-electron chi connectivity index (χ4n) is 3.21. The molecule has 0 bridgehead atoms. The van der Waals surface area contributed by atoms with Crippen LogP contribution >= 0.6 is 23.8 Å². The van der Waals surface area contributed by atoms with Crippen molar-refractivity contribution in [1.82, 2.24) is 10.2 Å². The lowest BCUT2D eigenvalue weighted by molar-refractivity contribution is 0.0166. The Hall–Kier alpha value is -1.93. The van der Waals surface area contributed by atoms with Gasteiger partial charge in [-0.2, -0.15) is 0 Å². The molecule has 2 aromatic rings. The number of thiocarbonyl (C=S) groups is 1. The molecule has 5 nitrogen and oxygen atoms in total. The van der Waals surface area contributed by atoms with Crippen molar-refractivity contribution in [2.45, 2.75) is 6.04 Å². The summed E-state index contributed by atoms with van der Waals surface area (Å²) in [4.78, 5) is 2.35. The van der Waals surface area contributed by atoms with Crippen molar-refractivity contribution >= 4 is 34.6 Å². The maximum absolute atomic E-state index is 13.3. The van der Waals surface area contributed by atoms with E-state index in [1.807, 2.05) is 18.2 Å². The summed E-state index contributed by atoms with van der Waals surface area (Å²) in [6.07, 6.45) is 0. The lowest BCUT2D eigenvalue weighted by Crippen LogP contribution is -2.44. The summed E-state index contributed by atoms with van der Waals surface area (Å²) in [7, 11) is 1.67. The van der Waals surface area contributed by atoms with Gasteiger partial charge in [0.2, 0.25) is 0 Å². The van der Waals surface area contributed by atoms with Crippen LogP contribution in [-0.2, 0) is 4.74 Å². The topological polar surface area (TPSA) is 45.8 Å². The predicted octanol–water partition coefficient (Wildman–Crippen LogP) is 3.85. The van der Waals surface area contributed by atoms with E-state index >= 15 is 0 Å². The van der Waals surface area contributed by atoms with Gasteiger partial charge in [-0.1, -0.05) is 29.8 Å². The van der Waals surface area contributed by atoms with Crippen LogP contribution in [0.15, 0.2) is 42.5 Å². The average molecular weight is 424 g/mol. The highest BCUT2D eigenvalue weighted by Crippen LogP contribution is 2.29. The zero-order valence-corrected chi connectivity index (χ0v) is 17.2. The van der Waals surface area contributed by atoms with Gasteiger partial charge in [0.05, 0.1) is 31.4 Å². The van der Waals surface area contributed by atoms with Crippen molar-refractivity contribution in [3.05, 3.63) is 58.9 Å². The molecule has 28 heavy (non-hydrogen) atoms. The molecule has 0 spiro atoms. The SMILES string of the molecule is COc1ccccc1C(CNC(=S)Nc1ccc(F)c(Cl)c1)N1CCOCC1. The normalized spacial score (nSPS) is 15.7. The number of ether oxygens (including phenoxy) is 2. The lowest BCUT2D eigenvalue weighted by Gasteiger charge is -2.35. The third-order valence-corrected chi connectivity index (χ3v) is 5.15. The number of methoxy groups -OCH3 is 1. The first-order valence-corrected chi connectivity index (χ1v) is 9.81. The molecule has 150 valence electrons. The number of anilines is 1.